The normalized spacial score (nSPS) is 16.6. The third-order valence-corrected chi connectivity index (χ3v) is 5.10. The monoisotopic (exact) mass is 358 g/mol. The smallest absolute Gasteiger partial charge is 0.356 e. The van der Waals surface area contributed by atoms with E-state index in [9.17, 15) is 14.7 Å². The topological polar surface area (TPSA) is 101 Å². The van der Waals surface area contributed by atoms with Gasteiger partial charge in [0.25, 0.3) is 5.91 Å². The molecular formula is C18H22N4O4. The highest BCUT2D eigenvalue weighted by Gasteiger charge is 2.33. The van der Waals surface area contributed by atoms with E-state index in [1.165, 1.54) is 19.0 Å². The highest BCUT2D eigenvalue weighted by molar-refractivity contribution is 5.95. The lowest BCUT2D eigenvalue weighted by Gasteiger charge is -2.27. The van der Waals surface area contributed by atoms with Crippen molar-refractivity contribution in [1.29, 1.82) is 0 Å². The van der Waals surface area contributed by atoms with Crippen LogP contribution in [0.3, 0.4) is 0 Å². The summed E-state index contributed by atoms with van der Waals surface area (Å²) in [6.45, 7) is 3.59. The molecule has 26 heavy (non-hydrogen) atoms. The van der Waals surface area contributed by atoms with Crippen LogP contribution in [0.5, 0.6) is 0 Å². The zero-order valence-corrected chi connectivity index (χ0v) is 14.8. The molecule has 8 nitrogen and oxygen atoms in total. The van der Waals surface area contributed by atoms with Crippen LogP contribution in [-0.2, 0) is 25.9 Å². The second-order valence-corrected chi connectivity index (χ2v) is 7.09. The number of aryl methyl sites for hydroxylation is 1. The molecule has 138 valence electrons. The summed E-state index contributed by atoms with van der Waals surface area (Å²) in [5.74, 6) is -0.00604. The van der Waals surface area contributed by atoms with Gasteiger partial charge in [-0.3, -0.25) is 9.48 Å². The van der Waals surface area contributed by atoms with Gasteiger partial charge in [0, 0.05) is 37.2 Å². The van der Waals surface area contributed by atoms with Gasteiger partial charge in [0.15, 0.2) is 5.69 Å². The van der Waals surface area contributed by atoms with E-state index in [-0.39, 0.29) is 18.1 Å². The Kier molecular flexibility index (Phi) is 4.26. The lowest BCUT2D eigenvalue weighted by Crippen LogP contribution is -2.37. The predicted octanol–water partition coefficient (Wildman–Crippen LogP) is 2.13. The fourth-order valence-corrected chi connectivity index (χ4v) is 3.55. The van der Waals surface area contributed by atoms with E-state index in [4.69, 9.17) is 4.52 Å². The molecular weight excluding hydrogens is 336 g/mol. The Balaban J connectivity index is 1.60. The lowest BCUT2D eigenvalue weighted by molar-refractivity contribution is 0.0673. The molecule has 1 saturated carbocycles. The van der Waals surface area contributed by atoms with Crippen LogP contribution in [-0.4, -0.2) is 43.4 Å². The molecule has 1 amide bonds. The van der Waals surface area contributed by atoms with Gasteiger partial charge in [-0.25, -0.2) is 4.79 Å². The summed E-state index contributed by atoms with van der Waals surface area (Å²) in [5.41, 5.74) is 2.15. The molecule has 0 spiro atoms. The first-order valence-electron chi connectivity index (χ1n) is 9.13. The maximum absolute atomic E-state index is 12.9. The third kappa shape index (κ3) is 3.00. The fourth-order valence-electron chi connectivity index (χ4n) is 3.55. The molecule has 0 atom stereocenters. The Morgan fingerprint density at radius 1 is 1.38 bits per heavy atom. The van der Waals surface area contributed by atoms with Gasteiger partial charge < -0.3 is 14.5 Å². The Bertz CT molecular complexity index is 849. The maximum Gasteiger partial charge on any atom is 0.356 e. The zero-order chi connectivity index (χ0) is 18.3. The zero-order valence-electron chi connectivity index (χ0n) is 14.8. The molecule has 1 aliphatic carbocycles. The molecule has 3 heterocycles. The quantitative estimate of drug-likeness (QED) is 0.849. The molecule has 0 aromatic carbocycles. The first-order chi connectivity index (χ1) is 12.6. The van der Waals surface area contributed by atoms with Crippen LogP contribution in [0.4, 0.5) is 0 Å². The van der Waals surface area contributed by atoms with E-state index >= 15 is 0 Å². The minimum atomic E-state index is -1.04. The van der Waals surface area contributed by atoms with Gasteiger partial charge in [0.05, 0.1) is 12.7 Å². The van der Waals surface area contributed by atoms with Gasteiger partial charge >= 0.3 is 5.97 Å². The van der Waals surface area contributed by atoms with E-state index in [2.05, 4.69) is 10.3 Å². The number of hydrogen-bond acceptors (Lipinski definition) is 5. The van der Waals surface area contributed by atoms with Crippen molar-refractivity contribution in [2.24, 2.45) is 5.92 Å². The number of carboxylic acid groups (broad SMARTS) is 1. The summed E-state index contributed by atoms with van der Waals surface area (Å²) in [5, 5.41) is 17.6. The van der Waals surface area contributed by atoms with Crippen molar-refractivity contribution in [3.05, 3.63) is 34.5 Å². The summed E-state index contributed by atoms with van der Waals surface area (Å²) in [6, 6.07) is 0. The Hall–Kier alpha value is -2.64. The second kappa shape index (κ2) is 6.59. The predicted molar refractivity (Wildman–Crippen MR) is 90.9 cm³/mol. The number of rotatable bonds is 6. The molecule has 1 aliphatic heterocycles. The summed E-state index contributed by atoms with van der Waals surface area (Å²) < 4.78 is 7.04. The second-order valence-electron chi connectivity index (χ2n) is 7.09. The number of aromatic carboxylic acids is 1. The van der Waals surface area contributed by atoms with E-state index in [0.29, 0.717) is 42.2 Å². The van der Waals surface area contributed by atoms with Crippen molar-refractivity contribution >= 4 is 11.9 Å². The number of fused-ring (bicyclic) bond motifs is 1. The van der Waals surface area contributed by atoms with Gasteiger partial charge in [-0.15, -0.1) is 0 Å². The number of carbonyl (C=O) groups is 2. The molecule has 1 fully saturated rings. The number of carboxylic acids is 1. The van der Waals surface area contributed by atoms with Gasteiger partial charge in [-0.2, -0.15) is 5.10 Å². The van der Waals surface area contributed by atoms with E-state index in [0.717, 1.165) is 18.7 Å². The lowest BCUT2D eigenvalue weighted by atomic mass is 10.0. The molecule has 0 unspecified atom stereocenters. The van der Waals surface area contributed by atoms with Crippen LogP contribution in [0.1, 0.15) is 64.1 Å². The van der Waals surface area contributed by atoms with Crippen molar-refractivity contribution in [3.63, 3.8) is 0 Å². The number of nitrogens with zero attached hydrogens (tertiary/aromatic N) is 4. The minimum Gasteiger partial charge on any atom is -0.476 e. The molecule has 0 saturated heterocycles. The number of aromatic nitrogens is 3. The molecule has 2 aromatic rings. The number of amides is 1. The van der Waals surface area contributed by atoms with Crippen molar-refractivity contribution < 1.29 is 19.2 Å². The van der Waals surface area contributed by atoms with Crippen LogP contribution in [0.15, 0.2) is 10.7 Å². The Labute approximate surface area is 150 Å². The summed E-state index contributed by atoms with van der Waals surface area (Å²) in [4.78, 5) is 26.2. The van der Waals surface area contributed by atoms with Crippen molar-refractivity contribution in [3.8, 4) is 0 Å². The average molecular weight is 358 g/mol. The fraction of sp³-hybridized carbons (Fsp3) is 0.556. The first-order valence-corrected chi connectivity index (χ1v) is 9.13. The average Bonchev–Trinajstić information content (AvgIpc) is 3.19. The molecule has 8 heteroatoms. The van der Waals surface area contributed by atoms with Crippen molar-refractivity contribution in [2.75, 3.05) is 6.54 Å². The van der Waals surface area contributed by atoms with Crippen LogP contribution >= 0.6 is 0 Å². The number of hydrogen-bond donors (Lipinski definition) is 1. The molecule has 2 aliphatic rings. The van der Waals surface area contributed by atoms with Crippen LogP contribution in [0.25, 0.3) is 0 Å². The number of carbonyl (C=O) groups excluding carboxylic acids is 1. The van der Waals surface area contributed by atoms with Crippen LogP contribution in [0.2, 0.25) is 0 Å². The van der Waals surface area contributed by atoms with Crippen LogP contribution in [0, 0.1) is 5.92 Å². The maximum atomic E-state index is 12.9. The SMILES string of the molecule is CCCc1oncc1C(=O)N1CCc2c(c(C(=O)O)nn2CC2CC2)C1. The van der Waals surface area contributed by atoms with Crippen molar-refractivity contribution in [2.45, 2.75) is 52.1 Å². The van der Waals surface area contributed by atoms with Gasteiger partial charge in [-0.1, -0.05) is 12.1 Å². The minimum absolute atomic E-state index is 0.0669. The Morgan fingerprint density at radius 2 is 2.19 bits per heavy atom. The van der Waals surface area contributed by atoms with E-state index in [1.807, 2.05) is 11.6 Å². The molecule has 0 bridgehead atoms. The highest BCUT2D eigenvalue weighted by Crippen LogP contribution is 2.33. The first kappa shape index (κ1) is 16.8. The van der Waals surface area contributed by atoms with Gasteiger partial charge in [0.2, 0.25) is 0 Å². The third-order valence-electron chi connectivity index (χ3n) is 5.10. The summed E-state index contributed by atoms with van der Waals surface area (Å²) in [6.07, 6.45) is 5.93. The molecule has 2 aromatic heterocycles. The highest BCUT2D eigenvalue weighted by atomic mass is 16.5. The van der Waals surface area contributed by atoms with E-state index in [1.54, 1.807) is 4.90 Å². The van der Waals surface area contributed by atoms with Crippen molar-refractivity contribution in [1.82, 2.24) is 19.8 Å². The van der Waals surface area contributed by atoms with Crippen LogP contribution < -0.4 is 0 Å². The molecule has 1 N–H and O–H groups in total. The largest absolute Gasteiger partial charge is 0.476 e. The summed E-state index contributed by atoms with van der Waals surface area (Å²) >= 11 is 0. The standard InChI is InChI=1S/C18H22N4O4/c1-2-3-15-12(8-19-26-15)17(23)21-7-6-14-13(10-21)16(18(24)25)20-22(14)9-11-4-5-11/h8,11H,2-7,9-10H2,1H3,(H,24,25). The Morgan fingerprint density at radius 3 is 2.88 bits per heavy atom. The van der Waals surface area contributed by atoms with E-state index < -0.39 is 5.97 Å². The summed E-state index contributed by atoms with van der Waals surface area (Å²) in [7, 11) is 0. The van der Waals surface area contributed by atoms with Gasteiger partial charge in [-0.05, 0) is 25.2 Å². The molecule has 0 radical (unpaired) electrons. The molecule has 4 rings (SSSR count). The van der Waals surface area contributed by atoms with Gasteiger partial charge in [0.1, 0.15) is 11.3 Å².